The number of aliphatic hydroxyl groups excluding tert-OH is 4. The number of ether oxygens (including phenoxy) is 1. The van der Waals surface area contributed by atoms with Gasteiger partial charge in [0.2, 0.25) is 0 Å². The first-order chi connectivity index (χ1) is 6.61. The molecule has 1 aliphatic heterocycles. The summed E-state index contributed by atoms with van der Waals surface area (Å²) in [5.74, 6) is 0. The quantitative estimate of drug-likeness (QED) is 0.237. The van der Waals surface area contributed by atoms with Crippen molar-refractivity contribution < 1.29 is 25.2 Å². The van der Waals surface area contributed by atoms with E-state index in [1.165, 1.54) is 0 Å². The molecule has 1 heterocycles. The molecule has 8 nitrogen and oxygen atoms in total. The fourth-order valence-corrected chi connectivity index (χ4v) is 1.28. The van der Waals surface area contributed by atoms with Crippen LogP contribution in [-0.2, 0) is 4.74 Å². The number of hydrogen-bond donors (Lipinski definition) is 4. The third kappa shape index (κ3) is 1.95. The molecule has 0 aromatic rings. The van der Waals surface area contributed by atoms with Crippen molar-refractivity contribution in [1.29, 1.82) is 0 Å². The Morgan fingerprint density at radius 1 is 1.29 bits per heavy atom. The Balaban J connectivity index is 2.82. The smallest absolute Gasteiger partial charge is 0.181 e. The van der Waals surface area contributed by atoms with Gasteiger partial charge >= 0.3 is 0 Å². The number of rotatable bonds is 2. The van der Waals surface area contributed by atoms with Crippen LogP contribution in [0.2, 0.25) is 0 Å². The second-order valence-corrected chi connectivity index (χ2v) is 2.92. The molecule has 0 unspecified atom stereocenters. The highest BCUT2D eigenvalue weighted by atomic mass is 16.6. The molecule has 1 aliphatic rings. The molecule has 0 saturated carbocycles. The Labute approximate surface area is 79.0 Å². The van der Waals surface area contributed by atoms with Gasteiger partial charge in [0, 0.05) is 4.91 Å². The van der Waals surface area contributed by atoms with Gasteiger partial charge in [-0.1, -0.05) is 5.11 Å². The summed E-state index contributed by atoms with van der Waals surface area (Å²) in [6.07, 6.45) is -5.48. The number of hydrogen-bond acceptors (Lipinski definition) is 6. The minimum Gasteiger partial charge on any atom is -0.394 e. The van der Waals surface area contributed by atoms with Gasteiger partial charge in [-0.25, -0.2) is 0 Å². The molecule has 0 aromatic heterocycles. The zero-order valence-corrected chi connectivity index (χ0v) is 7.13. The van der Waals surface area contributed by atoms with Crippen molar-refractivity contribution in [3.05, 3.63) is 10.4 Å². The third-order valence-corrected chi connectivity index (χ3v) is 2.05. The van der Waals surface area contributed by atoms with E-state index >= 15 is 0 Å². The predicted molar refractivity (Wildman–Crippen MR) is 42.9 cm³/mol. The topological polar surface area (TPSA) is 139 Å². The van der Waals surface area contributed by atoms with Crippen LogP contribution >= 0.6 is 0 Å². The van der Waals surface area contributed by atoms with Crippen LogP contribution in [0.15, 0.2) is 5.11 Å². The molecule has 0 bridgehead atoms. The van der Waals surface area contributed by atoms with Crippen LogP contribution in [-0.4, -0.2) is 57.7 Å². The fraction of sp³-hybridized carbons (Fsp3) is 1.00. The van der Waals surface area contributed by atoms with Gasteiger partial charge in [-0.15, -0.1) is 0 Å². The van der Waals surface area contributed by atoms with Crippen molar-refractivity contribution >= 4 is 0 Å². The molecule has 0 amide bonds. The largest absolute Gasteiger partial charge is 0.394 e. The molecule has 14 heavy (non-hydrogen) atoms. The van der Waals surface area contributed by atoms with Crippen molar-refractivity contribution in [3.8, 4) is 0 Å². The van der Waals surface area contributed by atoms with E-state index in [0.29, 0.717) is 0 Å². The Morgan fingerprint density at radius 3 is 2.43 bits per heavy atom. The third-order valence-electron chi connectivity index (χ3n) is 2.05. The van der Waals surface area contributed by atoms with Gasteiger partial charge in [0.25, 0.3) is 0 Å². The minimum absolute atomic E-state index is 0.539. The molecular formula is C6H11N3O5. The van der Waals surface area contributed by atoms with Crippen LogP contribution in [0.25, 0.3) is 10.4 Å². The van der Waals surface area contributed by atoms with Crippen LogP contribution in [0.1, 0.15) is 0 Å². The monoisotopic (exact) mass is 205 g/mol. The Hall–Kier alpha value is -0.890. The lowest BCUT2D eigenvalue weighted by Gasteiger charge is -2.37. The van der Waals surface area contributed by atoms with Crippen LogP contribution < -0.4 is 0 Å². The van der Waals surface area contributed by atoms with Crippen molar-refractivity contribution in [2.24, 2.45) is 5.11 Å². The van der Waals surface area contributed by atoms with E-state index in [1.54, 1.807) is 0 Å². The summed E-state index contributed by atoms with van der Waals surface area (Å²) >= 11 is 0. The van der Waals surface area contributed by atoms with E-state index in [2.05, 4.69) is 14.8 Å². The number of aliphatic hydroxyl groups is 4. The second kappa shape index (κ2) is 4.56. The van der Waals surface area contributed by atoms with Crippen molar-refractivity contribution in [1.82, 2.24) is 0 Å². The van der Waals surface area contributed by atoms with E-state index in [-0.39, 0.29) is 0 Å². The van der Waals surface area contributed by atoms with E-state index in [1.807, 2.05) is 0 Å². The first kappa shape index (κ1) is 11.2. The lowest BCUT2D eigenvalue weighted by Crippen LogP contribution is -2.57. The maximum absolute atomic E-state index is 9.43. The summed E-state index contributed by atoms with van der Waals surface area (Å²) in [6.45, 7) is -0.539. The van der Waals surface area contributed by atoms with Crippen molar-refractivity contribution in [3.63, 3.8) is 0 Å². The molecule has 1 saturated heterocycles. The number of nitrogens with zero attached hydrogens (tertiary/aromatic N) is 3. The average molecular weight is 205 g/mol. The first-order valence-electron chi connectivity index (χ1n) is 3.96. The molecule has 0 aromatic carbocycles. The van der Waals surface area contributed by atoms with E-state index in [9.17, 15) is 10.2 Å². The molecule has 8 heteroatoms. The fourth-order valence-electron chi connectivity index (χ4n) is 1.28. The molecule has 1 fully saturated rings. The maximum atomic E-state index is 9.43. The Bertz CT molecular complexity index is 244. The molecule has 80 valence electrons. The standard InChI is InChI=1S/C6H11N3O5/c7-9-8-3-4(11)2(1-10)14-6(13)5(3)12/h2-6,10-13H,1H2/t2-,3+,4+,5-,6-/m1/s1. The summed E-state index contributed by atoms with van der Waals surface area (Å²) in [5, 5.41) is 39.7. The lowest BCUT2D eigenvalue weighted by atomic mass is 9.97. The molecule has 4 N–H and O–H groups in total. The summed E-state index contributed by atoms with van der Waals surface area (Å²) in [4.78, 5) is 2.42. The number of azide groups is 1. The van der Waals surface area contributed by atoms with Crippen LogP contribution in [0.3, 0.4) is 0 Å². The zero-order valence-electron chi connectivity index (χ0n) is 7.13. The predicted octanol–water partition coefficient (Wildman–Crippen LogP) is -1.90. The van der Waals surface area contributed by atoms with Crippen molar-refractivity contribution in [2.45, 2.75) is 30.6 Å². The summed E-state index contributed by atoms with van der Waals surface area (Å²) < 4.78 is 4.66. The maximum Gasteiger partial charge on any atom is 0.181 e. The molecule has 0 spiro atoms. The van der Waals surface area contributed by atoms with E-state index in [4.69, 9.17) is 15.7 Å². The highest BCUT2D eigenvalue weighted by Crippen LogP contribution is 2.22. The Morgan fingerprint density at radius 2 is 1.93 bits per heavy atom. The van der Waals surface area contributed by atoms with E-state index in [0.717, 1.165) is 0 Å². The van der Waals surface area contributed by atoms with Gasteiger partial charge in [0.15, 0.2) is 6.29 Å². The van der Waals surface area contributed by atoms with E-state index < -0.39 is 37.3 Å². The zero-order chi connectivity index (χ0) is 10.7. The molecule has 0 aliphatic carbocycles. The average Bonchev–Trinajstić information content (AvgIpc) is 2.18. The van der Waals surface area contributed by atoms with Gasteiger partial charge < -0.3 is 25.2 Å². The van der Waals surface area contributed by atoms with Gasteiger partial charge in [-0.05, 0) is 5.53 Å². The molecular weight excluding hydrogens is 194 g/mol. The summed E-state index contributed by atoms with van der Waals surface area (Å²) in [6, 6.07) is -1.22. The highest BCUT2D eigenvalue weighted by Gasteiger charge is 2.43. The second-order valence-electron chi connectivity index (χ2n) is 2.92. The first-order valence-corrected chi connectivity index (χ1v) is 3.96. The van der Waals surface area contributed by atoms with Gasteiger partial charge in [-0.2, -0.15) is 0 Å². The van der Waals surface area contributed by atoms with Crippen LogP contribution in [0.5, 0.6) is 0 Å². The lowest BCUT2D eigenvalue weighted by molar-refractivity contribution is -0.258. The normalized spacial score (nSPS) is 43.0. The van der Waals surface area contributed by atoms with Gasteiger partial charge in [0.05, 0.1) is 18.8 Å². The molecule has 5 atom stereocenters. The van der Waals surface area contributed by atoms with Crippen LogP contribution in [0.4, 0.5) is 0 Å². The minimum atomic E-state index is -1.58. The summed E-state index contributed by atoms with van der Waals surface area (Å²) in [7, 11) is 0. The molecule has 1 rings (SSSR count). The Kier molecular flexibility index (Phi) is 3.64. The van der Waals surface area contributed by atoms with Gasteiger partial charge in [0.1, 0.15) is 12.2 Å². The SMILES string of the molecule is [N-]=[N+]=N[C@@H]1[C@@H](O)[C@H](O)O[C@H](CO)[C@@H]1O. The highest BCUT2D eigenvalue weighted by molar-refractivity contribution is 4.93. The van der Waals surface area contributed by atoms with Crippen LogP contribution in [0, 0.1) is 0 Å². The van der Waals surface area contributed by atoms with Gasteiger partial charge in [-0.3, -0.25) is 0 Å². The molecule has 0 radical (unpaired) electrons. The van der Waals surface area contributed by atoms with Crippen molar-refractivity contribution in [2.75, 3.05) is 6.61 Å². The summed E-state index contributed by atoms with van der Waals surface area (Å²) in [5.41, 5.74) is 8.15.